The van der Waals surface area contributed by atoms with Crippen molar-refractivity contribution in [3.05, 3.63) is 17.5 Å². The van der Waals surface area contributed by atoms with Crippen LogP contribution in [0.25, 0.3) is 0 Å². The molecule has 0 aliphatic rings. The molecule has 1 aromatic heterocycles. The lowest BCUT2D eigenvalue weighted by Gasteiger charge is -2.10. The average Bonchev–Trinajstić information content (AvgIpc) is 2.60. The van der Waals surface area contributed by atoms with Crippen LogP contribution in [-0.2, 0) is 19.4 Å². The molecule has 14 heavy (non-hydrogen) atoms. The molecular weight excluding hydrogens is 174 g/mol. The number of nitrogens with two attached hydrogens (primary N) is 1. The van der Waals surface area contributed by atoms with Crippen LogP contribution < -0.4 is 5.73 Å². The van der Waals surface area contributed by atoms with E-state index < -0.39 is 0 Å². The first-order valence-electron chi connectivity index (χ1n) is 5.46. The summed E-state index contributed by atoms with van der Waals surface area (Å²) in [5.74, 6) is 0.505. The van der Waals surface area contributed by atoms with Gasteiger partial charge in [-0.3, -0.25) is 4.68 Å². The van der Waals surface area contributed by atoms with Crippen molar-refractivity contribution in [1.82, 2.24) is 9.78 Å². The van der Waals surface area contributed by atoms with Gasteiger partial charge in [0.15, 0.2) is 0 Å². The van der Waals surface area contributed by atoms with Crippen LogP contribution in [-0.4, -0.2) is 16.3 Å². The molecule has 3 heteroatoms. The predicted molar refractivity (Wildman–Crippen MR) is 59.2 cm³/mol. The summed E-state index contributed by atoms with van der Waals surface area (Å²) < 4.78 is 2.11. The van der Waals surface area contributed by atoms with Crippen molar-refractivity contribution < 1.29 is 0 Å². The fraction of sp³-hybridized carbons (Fsp3) is 0.727. The van der Waals surface area contributed by atoms with E-state index in [0.717, 1.165) is 25.9 Å². The predicted octanol–water partition coefficient (Wildman–Crippen LogP) is 1.60. The summed E-state index contributed by atoms with van der Waals surface area (Å²) in [6.07, 6.45) is 2.06. The number of aromatic nitrogens is 2. The molecule has 0 aliphatic heterocycles. The Bertz CT molecular complexity index is 278. The quantitative estimate of drug-likeness (QED) is 0.775. The molecule has 0 aliphatic carbocycles. The fourth-order valence-electron chi connectivity index (χ4n) is 1.50. The van der Waals surface area contributed by atoms with Crippen molar-refractivity contribution >= 4 is 0 Å². The molecule has 1 unspecified atom stereocenters. The van der Waals surface area contributed by atoms with Crippen molar-refractivity contribution in [2.75, 3.05) is 6.54 Å². The van der Waals surface area contributed by atoms with E-state index in [1.165, 1.54) is 11.4 Å². The smallest absolute Gasteiger partial charge is 0.0624 e. The lowest BCUT2D eigenvalue weighted by atomic mass is 10.2. The van der Waals surface area contributed by atoms with Crippen LogP contribution in [0, 0.1) is 5.92 Å². The monoisotopic (exact) mass is 195 g/mol. The molecule has 1 atom stereocenters. The average molecular weight is 195 g/mol. The summed E-state index contributed by atoms with van der Waals surface area (Å²) in [5, 5.41) is 4.55. The van der Waals surface area contributed by atoms with Gasteiger partial charge in [-0.05, 0) is 31.4 Å². The van der Waals surface area contributed by atoms with Gasteiger partial charge in [0.25, 0.3) is 0 Å². The summed E-state index contributed by atoms with van der Waals surface area (Å²) in [7, 11) is 0. The lowest BCUT2D eigenvalue weighted by molar-refractivity contribution is 0.445. The van der Waals surface area contributed by atoms with Crippen LogP contribution in [0.15, 0.2) is 6.07 Å². The van der Waals surface area contributed by atoms with Gasteiger partial charge in [-0.25, -0.2) is 0 Å². The number of hydrogen-bond donors (Lipinski definition) is 1. The Morgan fingerprint density at radius 3 is 2.64 bits per heavy atom. The highest BCUT2D eigenvalue weighted by atomic mass is 15.3. The molecule has 0 saturated carbocycles. The third kappa shape index (κ3) is 2.58. The number of aryl methyl sites for hydroxylation is 2. The van der Waals surface area contributed by atoms with E-state index in [4.69, 9.17) is 5.73 Å². The van der Waals surface area contributed by atoms with Crippen LogP contribution in [0.5, 0.6) is 0 Å². The minimum Gasteiger partial charge on any atom is -0.330 e. The van der Waals surface area contributed by atoms with Gasteiger partial charge in [-0.15, -0.1) is 0 Å². The van der Waals surface area contributed by atoms with Gasteiger partial charge >= 0.3 is 0 Å². The second-order valence-electron chi connectivity index (χ2n) is 3.86. The van der Waals surface area contributed by atoms with Crippen molar-refractivity contribution in [3.63, 3.8) is 0 Å². The maximum Gasteiger partial charge on any atom is 0.0624 e. The largest absolute Gasteiger partial charge is 0.330 e. The van der Waals surface area contributed by atoms with Gasteiger partial charge in [-0.2, -0.15) is 5.10 Å². The molecule has 0 radical (unpaired) electrons. The minimum absolute atomic E-state index is 0.505. The summed E-state index contributed by atoms with van der Waals surface area (Å²) in [6, 6.07) is 2.20. The maximum atomic E-state index is 5.61. The number of nitrogens with zero attached hydrogens (tertiary/aromatic N) is 2. The fourth-order valence-corrected chi connectivity index (χ4v) is 1.50. The van der Waals surface area contributed by atoms with E-state index in [9.17, 15) is 0 Å². The molecule has 0 amide bonds. The molecule has 0 spiro atoms. The van der Waals surface area contributed by atoms with Crippen molar-refractivity contribution in [1.29, 1.82) is 0 Å². The van der Waals surface area contributed by atoms with E-state index in [1.807, 2.05) is 0 Å². The molecule has 3 nitrogen and oxygen atoms in total. The second-order valence-corrected chi connectivity index (χ2v) is 3.86. The second kappa shape index (κ2) is 5.15. The third-order valence-electron chi connectivity index (χ3n) is 2.53. The maximum absolute atomic E-state index is 5.61. The van der Waals surface area contributed by atoms with E-state index in [1.54, 1.807) is 0 Å². The molecular formula is C11H21N3. The molecule has 0 bridgehead atoms. The van der Waals surface area contributed by atoms with E-state index >= 15 is 0 Å². The zero-order valence-corrected chi connectivity index (χ0v) is 9.45. The molecule has 1 aromatic rings. The summed E-state index contributed by atoms with van der Waals surface area (Å²) in [6.45, 7) is 8.13. The highest BCUT2D eigenvalue weighted by Crippen LogP contribution is 2.08. The topological polar surface area (TPSA) is 43.8 Å². The van der Waals surface area contributed by atoms with Gasteiger partial charge in [0.05, 0.1) is 5.69 Å². The van der Waals surface area contributed by atoms with Crippen LogP contribution in [0.4, 0.5) is 0 Å². The van der Waals surface area contributed by atoms with Crippen LogP contribution >= 0.6 is 0 Å². The summed E-state index contributed by atoms with van der Waals surface area (Å²) in [4.78, 5) is 0. The lowest BCUT2D eigenvalue weighted by Crippen LogP contribution is -2.19. The van der Waals surface area contributed by atoms with Gasteiger partial charge < -0.3 is 5.73 Å². The Morgan fingerprint density at radius 2 is 2.14 bits per heavy atom. The molecule has 1 rings (SSSR count). The van der Waals surface area contributed by atoms with Crippen LogP contribution in [0.1, 0.15) is 32.2 Å². The number of rotatable bonds is 5. The highest BCUT2D eigenvalue weighted by Gasteiger charge is 2.07. The number of hydrogen-bond acceptors (Lipinski definition) is 2. The Balaban J connectivity index is 2.78. The first-order chi connectivity index (χ1) is 6.71. The molecule has 0 aromatic carbocycles. The van der Waals surface area contributed by atoms with E-state index in [2.05, 4.69) is 36.6 Å². The molecule has 0 fully saturated rings. The standard InChI is InChI=1S/C11H21N3/c1-4-10-6-11(5-2)14(13-10)8-9(3)7-12/h6,9H,4-5,7-8,12H2,1-3H3. The Hall–Kier alpha value is -0.830. The van der Waals surface area contributed by atoms with Gasteiger partial charge in [0.2, 0.25) is 0 Å². The Morgan fingerprint density at radius 1 is 1.43 bits per heavy atom. The Kier molecular flexibility index (Phi) is 4.14. The third-order valence-corrected chi connectivity index (χ3v) is 2.53. The highest BCUT2D eigenvalue weighted by molar-refractivity contribution is 5.10. The summed E-state index contributed by atoms with van der Waals surface area (Å²) >= 11 is 0. The van der Waals surface area contributed by atoms with E-state index in [0.29, 0.717) is 5.92 Å². The molecule has 2 N–H and O–H groups in total. The summed E-state index contributed by atoms with van der Waals surface area (Å²) in [5.41, 5.74) is 8.12. The van der Waals surface area contributed by atoms with Gasteiger partial charge in [0, 0.05) is 12.2 Å². The van der Waals surface area contributed by atoms with Crippen molar-refractivity contribution in [3.8, 4) is 0 Å². The molecule has 80 valence electrons. The zero-order chi connectivity index (χ0) is 10.6. The van der Waals surface area contributed by atoms with Crippen molar-refractivity contribution in [2.45, 2.75) is 40.2 Å². The zero-order valence-electron chi connectivity index (χ0n) is 9.45. The molecule has 0 saturated heterocycles. The van der Waals surface area contributed by atoms with E-state index in [-0.39, 0.29) is 0 Å². The SMILES string of the molecule is CCc1cc(CC)n(CC(C)CN)n1. The van der Waals surface area contributed by atoms with Crippen LogP contribution in [0.2, 0.25) is 0 Å². The van der Waals surface area contributed by atoms with Gasteiger partial charge in [-0.1, -0.05) is 20.8 Å². The molecule has 1 heterocycles. The van der Waals surface area contributed by atoms with Crippen molar-refractivity contribution in [2.24, 2.45) is 11.7 Å². The minimum atomic E-state index is 0.505. The van der Waals surface area contributed by atoms with Gasteiger partial charge in [0.1, 0.15) is 0 Å². The van der Waals surface area contributed by atoms with Crippen LogP contribution in [0.3, 0.4) is 0 Å². The first-order valence-corrected chi connectivity index (χ1v) is 5.46. The Labute approximate surface area is 86.3 Å². The first kappa shape index (κ1) is 11.2. The normalized spacial score (nSPS) is 13.1.